The Balaban J connectivity index is 2.49. The van der Waals surface area contributed by atoms with Gasteiger partial charge < -0.3 is 5.11 Å². The highest BCUT2D eigenvalue weighted by atomic mass is 16.3. The van der Waals surface area contributed by atoms with Crippen molar-refractivity contribution in [3.05, 3.63) is 72.5 Å². The molecule has 1 aromatic rings. The zero-order valence-corrected chi connectivity index (χ0v) is 9.34. The van der Waals surface area contributed by atoms with Crippen molar-refractivity contribution in [3.63, 3.8) is 0 Å². The highest BCUT2D eigenvalue weighted by Crippen LogP contribution is 2.34. The zero-order chi connectivity index (χ0) is 12.4. The molecule has 0 aliphatic carbocycles. The van der Waals surface area contributed by atoms with Crippen molar-refractivity contribution < 1.29 is 9.90 Å². The molecule has 17 heavy (non-hydrogen) atoms. The molecule has 0 saturated heterocycles. The van der Waals surface area contributed by atoms with Crippen LogP contribution in [0.1, 0.15) is 22.1 Å². The summed E-state index contributed by atoms with van der Waals surface area (Å²) in [5.74, 6) is -0.221. The number of benzene rings is 1. The molecule has 3 heteroatoms. The summed E-state index contributed by atoms with van der Waals surface area (Å²) >= 11 is 0. The molecule has 0 aromatic heterocycles. The van der Waals surface area contributed by atoms with Crippen LogP contribution in [0.15, 0.2) is 61.3 Å². The Labute approximate surface area is 100.0 Å². The molecule has 86 valence electrons. The topological polar surface area (TPSA) is 40.5 Å². The fourth-order valence-electron chi connectivity index (χ4n) is 1.92. The molecule has 0 saturated carbocycles. The maximum Gasteiger partial charge on any atom is 0.261 e. The van der Waals surface area contributed by atoms with E-state index in [4.69, 9.17) is 0 Å². The van der Waals surface area contributed by atoms with E-state index in [1.807, 2.05) is 0 Å². The van der Waals surface area contributed by atoms with Crippen LogP contribution >= 0.6 is 0 Å². The number of hydrogen-bond donors (Lipinski definition) is 1. The van der Waals surface area contributed by atoms with Gasteiger partial charge in [-0.1, -0.05) is 37.4 Å². The number of hydrogen-bond acceptors (Lipinski definition) is 2. The van der Waals surface area contributed by atoms with Gasteiger partial charge in [-0.25, -0.2) is 0 Å². The Morgan fingerprint density at radius 1 is 1.35 bits per heavy atom. The van der Waals surface area contributed by atoms with Gasteiger partial charge in [0.2, 0.25) is 0 Å². The highest BCUT2D eigenvalue weighted by Gasteiger charge is 2.36. The van der Waals surface area contributed by atoms with Crippen molar-refractivity contribution in [2.45, 2.75) is 6.23 Å². The maximum atomic E-state index is 12.1. The Hall–Kier alpha value is -2.13. The van der Waals surface area contributed by atoms with E-state index in [-0.39, 0.29) is 5.91 Å². The van der Waals surface area contributed by atoms with Gasteiger partial charge in [0.25, 0.3) is 5.91 Å². The summed E-state index contributed by atoms with van der Waals surface area (Å²) in [6, 6.07) is 7.02. The molecule has 1 aliphatic rings. The van der Waals surface area contributed by atoms with Crippen LogP contribution in [0.25, 0.3) is 0 Å². The molecule has 1 heterocycles. The summed E-state index contributed by atoms with van der Waals surface area (Å²) in [7, 11) is 0. The highest BCUT2D eigenvalue weighted by molar-refractivity contribution is 6.00. The van der Waals surface area contributed by atoms with Crippen molar-refractivity contribution in [1.82, 2.24) is 4.90 Å². The van der Waals surface area contributed by atoms with E-state index in [0.717, 1.165) is 0 Å². The SMILES string of the molecule is C=C/C=C(\C=C)N1C(=O)c2ccccc2C1O. The monoisotopic (exact) mass is 227 g/mol. The van der Waals surface area contributed by atoms with Crippen LogP contribution in [0, 0.1) is 0 Å². The summed E-state index contributed by atoms with van der Waals surface area (Å²) in [5.41, 5.74) is 1.68. The number of carbonyl (C=O) groups excluding carboxylic acids is 1. The van der Waals surface area contributed by atoms with Gasteiger partial charge >= 0.3 is 0 Å². The molecule has 0 fully saturated rings. The lowest BCUT2D eigenvalue weighted by Gasteiger charge is -2.21. The molecule has 1 aliphatic heterocycles. The first-order valence-electron chi connectivity index (χ1n) is 5.26. The van der Waals surface area contributed by atoms with Crippen molar-refractivity contribution in [2.24, 2.45) is 0 Å². The lowest BCUT2D eigenvalue weighted by atomic mass is 10.1. The molecular weight excluding hydrogens is 214 g/mol. The average Bonchev–Trinajstić information content (AvgIpc) is 2.61. The molecule has 0 spiro atoms. The maximum absolute atomic E-state index is 12.1. The molecule has 1 amide bonds. The molecule has 0 radical (unpaired) electrons. The van der Waals surface area contributed by atoms with E-state index in [0.29, 0.717) is 16.8 Å². The van der Waals surface area contributed by atoms with Crippen LogP contribution in [0.4, 0.5) is 0 Å². The normalized spacial score (nSPS) is 19.1. The lowest BCUT2D eigenvalue weighted by Crippen LogP contribution is -2.26. The number of fused-ring (bicyclic) bond motifs is 1. The molecule has 1 aromatic carbocycles. The van der Waals surface area contributed by atoms with Gasteiger partial charge in [-0.2, -0.15) is 0 Å². The summed E-state index contributed by atoms with van der Waals surface area (Å²) in [6.45, 7) is 7.21. The second-order valence-electron chi connectivity index (χ2n) is 3.67. The molecule has 1 atom stereocenters. The minimum atomic E-state index is -0.956. The van der Waals surface area contributed by atoms with E-state index < -0.39 is 6.23 Å². The number of aliphatic hydroxyl groups is 1. The summed E-state index contributed by atoms with van der Waals surface area (Å²) < 4.78 is 0. The third-order valence-electron chi connectivity index (χ3n) is 2.71. The quantitative estimate of drug-likeness (QED) is 0.805. The van der Waals surface area contributed by atoms with Crippen molar-refractivity contribution in [3.8, 4) is 0 Å². The number of carbonyl (C=O) groups is 1. The van der Waals surface area contributed by atoms with Crippen LogP contribution in [-0.4, -0.2) is 15.9 Å². The second-order valence-corrected chi connectivity index (χ2v) is 3.67. The molecular formula is C14H13NO2. The number of nitrogens with zero attached hydrogens (tertiary/aromatic N) is 1. The fourth-order valence-corrected chi connectivity index (χ4v) is 1.92. The molecule has 2 rings (SSSR count). The van der Waals surface area contributed by atoms with Gasteiger partial charge in [-0.3, -0.25) is 9.69 Å². The minimum Gasteiger partial charge on any atom is -0.369 e. The second kappa shape index (κ2) is 4.39. The van der Waals surface area contributed by atoms with E-state index in [2.05, 4.69) is 13.2 Å². The van der Waals surface area contributed by atoms with Gasteiger partial charge in [0.05, 0.1) is 0 Å². The fraction of sp³-hybridized carbons (Fsp3) is 0.0714. The Bertz CT molecular complexity index is 517. The van der Waals surface area contributed by atoms with Crippen LogP contribution in [-0.2, 0) is 0 Å². The minimum absolute atomic E-state index is 0.221. The Morgan fingerprint density at radius 3 is 2.65 bits per heavy atom. The third kappa shape index (κ3) is 1.70. The van der Waals surface area contributed by atoms with Crippen molar-refractivity contribution in [1.29, 1.82) is 0 Å². The van der Waals surface area contributed by atoms with Gasteiger partial charge in [0.15, 0.2) is 6.23 Å². The van der Waals surface area contributed by atoms with Crippen LogP contribution in [0.5, 0.6) is 0 Å². The number of allylic oxidation sites excluding steroid dienone is 3. The molecule has 3 nitrogen and oxygen atoms in total. The van der Waals surface area contributed by atoms with E-state index in [1.54, 1.807) is 36.4 Å². The van der Waals surface area contributed by atoms with Crippen LogP contribution in [0.2, 0.25) is 0 Å². The molecule has 1 unspecified atom stereocenters. The van der Waals surface area contributed by atoms with E-state index in [9.17, 15) is 9.90 Å². The van der Waals surface area contributed by atoms with Crippen molar-refractivity contribution >= 4 is 5.91 Å². The third-order valence-corrected chi connectivity index (χ3v) is 2.71. The predicted molar refractivity (Wildman–Crippen MR) is 66.0 cm³/mol. The zero-order valence-electron chi connectivity index (χ0n) is 9.34. The van der Waals surface area contributed by atoms with E-state index >= 15 is 0 Å². The lowest BCUT2D eigenvalue weighted by molar-refractivity contribution is 0.0356. The largest absolute Gasteiger partial charge is 0.369 e. The molecule has 1 N–H and O–H groups in total. The van der Waals surface area contributed by atoms with Crippen LogP contribution < -0.4 is 0 Å². The Morgan fingerprint density at radius 2 is 2.06 bits per heavy atom. The van der Waals surface area contributed by atoms with Gasteiger partial charge in [-0.15, -0.1) is 0 Å². The van der Waals surface area contributed by atoms with E-state index in [1.165, 1.54) is 11.0 Å². The van der Waals surface area contributed by atoms with Gasteiger partial charge in [0.1, 0.15) is 0 Å². The van der Waals surface area contributed by atoms with Crippen LogP contribution in [0.3, 0.4) is 0 Å². The number of aliphatic hydroxyl groups excluding tert-OH is 1. The van der Waals surface area contributed by atoms with Gasteiger partial charge in [0, 0.05) is 16.8 Å². The first-order chi connectivity index (χ1) is 8.20. The summed E-state index contributed by atoms with van der Waals surface area (Å²) in [5, 5.41) is 10.1. The smallest absolute Gasteiger partial charge is 0.261 e. The van der Waals surface area contributed by atoms with Gasteiger partial charge in [-0.05, 0) is 18.2 Å². The summed E-state index contributed by atoms with van der Waals surface area (Å²) in [4.78, 5) is 13.4. The first-order valence-corrected chi connectivity index (χ1v) is 5.26. The molecule has 0 bridgehead atoms. The Kier molecular flexibility index (Phi) is 2.93. The number of amides is 1. The first kappa shape index (κ1) is 11.4. The predicted octanol–water partition coefficient (Wildman–Crippen LogP) is 2.39. The average molecular weight is 227 g/mol. The summed E-state index contributed by atoms with van der Waals surface area (Å²) in [6.07, 6.45) is 3.76. The standard InChI is InChI=1S/C14H13NO2/c1-3-7-10(4-2)15-13(16)11-8-5-6-9-12(11)14(15)17/h3-9,13,16H,1-2H2/b10-7+. The number of rotatable bonds is 3. The van der Waals surface area contributed by atoms with Crippen molar-refractivity contribution in [2.75, 3.05) is 0 Å².